The van der Waals surface area contributed by atoms with Gasteiger partial charge in [-0.3, -0.25) is 0 Å². The van der Waals surface area contributed by atoms with Gasteiger partial charge in [0.05, 0.1) is 0 Å². The number of anilines is 1. The molecule has 3 heterocycles. The summed E-state index contributed by atoms with van der Waals surface area (Å²) in [4.78, 5) is 15.4. The smallest absolute Gasteiger partial charge is 0.256 e. The van der Waals surface area contributed by atoms with Crippen molar-refractivity contribution in [3.63, 3.8) is 0 Å². The molecule has 2 aromatic rings. The fourth-order valence-electron chi connectivity index (χ4n) is 3.65. The summed E-state index contributed by atoms with van der Waals surface area (Å²) >= 11 is 6.10. The van der Waals surface area contributed by atoms with E-state index in [1.807, 2.05) is 12.3 Å². The molecule has 1 saturated carbocycles. The summed E-state index contributed by atoms with van der Waals surface area (Å²) in [5.41, 5.74) is 0. The largest absolute Gasteiger partial charge is 0.337 e. The average Bonchev–Trinajstić information content (AvgIpc) is 3.17. The number of hydrogen-bond acceptors (Lipinski definition) is 5. The summed E-state index contributed by atoms with van der Waals surface area (Å²) in [6.45, 7) is 1.00. The summed E-state index contributed by atoms with van der Waals surface area (Å²) in [6, 6.07) is 2.40. The maximum atomic E-state index is 6.10. The zero-order chi connectivity index (χ0) is 14.2. The number of hydrogen-bond donors (Lipinski definition) is 0. The number of rotatable bonds is 2. The highest BCUT2D eigenvalue weighted by Gasteiger charge is 2.36. The van der Waals surface area contributed by atoms with Crippen LogP contribution >= 0.6 is 11.6 Å². The molecule has 2 fully saturated rings. The van der Waals surface area contributed by atoms with Crippen LogP contribution in [0.15, 0.2) is 18.5 Å². The van der Waals surface area contributed by atoms with Crippen LogP contribution in [0, 0.1) is 5.92 Å². The van der Waals surface area contributed by atoms with Crippen molar-refractivity contribution in [1.29, 1.82) is 0 Å². The van der Waals surface area contributed by atoms with Crippen molar-refractivity contribution >= 4 is 17.5 Å². The molecule has 4 rings (SSSR count). The number of halogens is 1. The predicted molar refractivity (Wildman–Crippen MR) is 79.7 cm³/mol. The van der Waals surface area contributed by atoms with Crippen LogP contribution < -0.4 is 4.90 Å². The monoisotopic (exact) mass is 304 g/mol. The maximum absolute atomic E-state index is 6.10. The van der Waals surface area contributed by atoms with Gasteiger partial charge in [-0.15, -0.1) is 0 Å². The van der Waals surface area contributed by atoms with Crippen molar-refractivity contribution in [2.24, 2.45) is 5.92 Å². The zero-order valence-electron chi connectivity index (χ0n) is 11.7. The summed E-state index contributed by atoms with van der Waals surface area (Å²) in [7, 11) is 0. The summed E-state index contributed by atoms with van der Waals surface area (Å²) in [6.07, 6.45) is 9.89. The third-order valence-electron chi connectivity index (χ3n) is 4.54. The molecule has 0 aromatic carbocycles. The van der Waals surface area contributed by atoms with Gasteiger partial charge in [0.1, 0.15) is 0 Å². The van der Waals surface area contributed by atoms with Crippen LogP contribution in [0.4, 0.5) is 5.95 Å². The van der Waals surface area contributed by atoms with Gasteiger partial charge in [-0.25, -0.2) is 4.68 Å². The molecule has 0 bridgehead atoms. The Morgan fingerprint density at radius 3 is 2.76 bits per heavy atom. The molecule has 0 radical (unpaired) electrons. The Kier molecular flexibility index (Phi) is 3.25. The van der Waals surface area contributed by atoms with E-state index in [2.05, 4.69) is 25.0 Å². The van der Waals surface area contributed by atoms with Crippen LogP contribution in [-0.4, -0.2) is 37.3 Å². The highest BCUT2D eigenvalue weighted by molar-refractivity contribution is 6.28. The minimum atomic E-state index is 0.227. The molecule has 2 atom stereocenters. The van der Waals surface area contributed by atoms with Crippen molar-refractivity contribution < 1.29 is 0 Å². The Morgan fingerprint density at radius 2 is 1.90 bits per heavy atom. The molecule has 6 nitrogen and oxygen atoms in total. The number of aromatic nitrogens is 5. The molecular weight excluding hydrogens is 288 g/mol. The fourth-order valence-corrected chi connectivity index (χ4v) is 3.80. The van der Waals surface area contributed by atoms with E-state index in [-0.39, 0.29) is 5.28 Å². The lowest BCUT2D eigenvalue weighted by Gasteiger charge is -2.37. The normalized spacial score (nSPS) is 25.1. The van der Waals surface area contributed by atoms with Crippen LogP contribution in [0.5, 0.6) is 0 Å². The first kappa shape index (κ1) is 13.0. The molecule has 110 valence electrons. The van der Waals surface area contributed by atoms with E-state index in [0.29, 0.717) is 17.9 Å². The Bertz CT molecular complexity index is 628. The van der Waals surface area contributed by atoms with Gasteiger partial charge >= 0.3 is 0 Å². The third-order valence-corrected chi connectivity index (χ3v) is 4.71. The first-order valence-electron chi connectivity index (χ1n) is 7.49. The molecule has 0 spiro atoms. The van der Waals surface area contributed by atoms with Crippen molar-refractivity contribution in [1.82, 2.24) is 24.7 Å². The van der Waals surface area contributed by atoms with Crippen LogP contribution in [0.3, 0.4) is 0 Å². The minimum Gasteiger partial charge on any atom is -0.337 e. The van der Waals surface area contributed by atoms with Gasteiger partial charge in [-0.1, -0.05) is 6.42 Å². The van der Waals surface area contributed by atoms with Gasteiger partial charge in [0.25, 0.3) is 5.95 Å². The molecule has 21 heavy (non-hydrogen) atoms. The molecule has 2 aromatic heterocycles. The summed E-state index contributed by atoms with van der Waals surface area (Å²) in [5, 5.41) is 4.39. The van der Waals surface area contributed by atoms with Crippen molar-refractivity contribution in [3.05, 3.63) is 23.7 Å². The SMILES string of the molecule is Clc1nc(N2CCCC3CCCC32)nc(-n2cccn2)n1. The maximum Gasteiger partial charge on any atom is 0.256 e. The van der Waals surface area contributed by atoms with E-state index >= 15 is 0 Å². The molecule has 1 aliphatic heterocycles. The van der Waals surface area contributed by atoms with Gasteiger partial charge < -0.3 is 4.90 Å². The fraction of sp³-hybridized carbons (Fsp3) is 0.571. The third kappa shape index (κ3) is 2.37. The standard InChI is InChI=1S/C14H17ClN6/c15-12-17-13(19-14(18-12)21-9-3-7-16-21)20-8-2-5-10-4-1-6-11(10)20/h3,7,9-11H,1-2,4-6,8H2. The van der Waals surface area contributed by atoms with Crippen LogP contribution in [0.25, 0.3) is 5.95 Å². The molecule has 1 saturated heterocycles. The van der Waals surface area contributed by atoms with Gasteiger partial charge in [0, 0.05) is 25.0 Å². The summed E-state index contributed by atoms with van der Waals surface area (Å²) < 4.78 is 1.62. The highest BCUT2D eigenvalue weighted by atomic mass is 35.5. The molecule has 0 N–H and O–H groups in total. The molecule has 2 aliphatic rings. The van der Waals surface area contributed by atoms with Crippen LogP contribution in [0.2, 0.25) is 5.28 Å². The Labute approximate surface area is 128 Å². The Balaban J connectivity index is 1.71. The quantitative estimate of drug-likeness (QED) is 0.853. The van der Waals surface area contributed by atoms with E-state index < -0.39 is 0 Å². The van der Waals surface area contributed by atoms with Crippen LogP contribution in [0.1, 0.15) is 32.1 Å². The first-order chi connectivity index (χ1) is 10.3. The second kappa shape index (κ2) is 5.26. The van der Waals surface area contributed by atoms with Crippen molar-refractivity contribution in [2.75, 3.05) is 11.4 Å². The van der Waals surface area contributed by atoms with Crippen molar-refractivity contribution in [3.8, 4) is 5.95 Å². The summed E-state index contributed by atoms with van der Waals surface area (Å²) in [5.74, 6) is 1.95. The topological polar surface area (TPSA) is 59.7 Å². The lowest BCUT2D eigenvalue weighted by Crippen LogP contribution is -2.43. The molecule has 2 unspecified atom stereocenters. The van der Waals surface area contributed by atoms with E-state index in [9.17, 15) is 0 Å². The second-order valence-electron chi connectivity index (χ2n) is 5.75. The molecule has 7 heteroatoms. The van der Waals surface area contributed by atoms with Crippen molar-refractivity contribution in [2.45, 2.75) is 38.1 Å². The van der Waals surface area contributed by atoms with Gasteiger partial charge in [0.15, 0.2) is 0 Å². The molecule has 0 amide bonds. The minimum absolute atomic E-state index is 0.227. The van der Waals surface area contributed by atoms with E-state index in [0.717, 1.165) is 12.5 Å². The zero-order valence-corrected chi connectivity index (χ0v) is 12.4. The average molecular weight is 305 g/mol. The van der Waals surface area contributed by atoms with Gasteiger partial charge in [-0.05, 0) is 49.3 Å². The van der Waals surface area contributed by atoms with E-state index in [1.165, 1.54) is 32.1 Å². The number of piperidine rings is 1. The number of fused-ring (bicyclic) bond motifs is 1. The van der Waals surface area contributed by atoms with E-state index in [1.54, 1.807) is 10.9 Å². The Hall–Kier alpha value is -1.69. The van der Waals surface area contributed by atoms with Gasteiger partial charge in [-0.2, -0.15) is 20.1 Å². The second-order valence-corrected chi connectivity index (χ2v) is 6.09. The molecule has 1 aliphatic carbocycles. The highest BCUT2D eigenvalue weighted by Crippen LogP contribution is 2.38. The Morgan fingerprint density at radius 1 is 1.05 bits per heavy atom. The first-order valence-corrected chi connectivity index (χ1v) is 7.87. The lowest BCUT2D eigenvalue weighted by atomic mass is 9.92. The van der Waals surface area contributed by atoms with Crippen LogP contribution in [-0.2, 0) is 0 Å². The number of nitrogens with zero attached hydrogens (tertiary/aromatic N) is 6. The molecular formula is C14H17ClN6. The lowest BCUT2D eigenvalue weighted by molar-refractivity contribution is 0.358. The predicted octanol–water partition coefficient (Wildman–Crippen LogP) is 2.48. The van der Waals surface area contributed by atoms with Gasteiger partial charge in [0.2, 0.25) is 11.2 Å². The van der Waals surface area contributed by atoms with E-state index in [4.69, 9.17) is 11.6 Å².